The second-order valence-corrected chi connectivity index (χ2v) is 5.66. The van der Waals surface area contributed by atoms with Crippen LogP contribution in [0.3, 0.4) is 0 Å². The number of rotatable bonds is 1. The van der Waals surface area contributed by atoms with Gasteiger partial charge in [0.05, 0.1) is 5.56 Å². The van der Waals surface area contributed by atoms with Gasteiger partial charge in [0.2, 0.25) is 0 Å². The second-order valence-electron chi connectivity index (χ2n) is 5.66. The molecule has 0 aromatic heterocycles. The molecule has 1 aromatic carbocycles. The number of fused-ring (bicyclic) bond motifs is 4. The van der Waals surface area contributed by atoms with E-state index in [9.17, 15) is 18.0 Å². The van der Waals surface area contributed by atoms with Crippen LogP contribution in [-0.4, -0.2) is 23.8 Å². The summed E-state index contributed by atoms with van der Waals surface area (Å²) in [6.07, 6.45) is -0.296. The lowest BCUT2D eigenvalue weighted by atomic mass is 9.94. The highest BCUT2D eigenvalue weighted by atomic mass is 19.4. The molecule has 3 aliphatic rings. The van der Waals surface area contributed by atoms with Crippen molar-refractivity contribution in [1.29, 1.82) is 0 Å². The van der Waals surface area contributed by atoms with Gasteiger partial charge in [0, 0.05) is 31.1 Å². The van der Waals surface area contributed by atoms with Crippen LogP contribution >= 0.6 is 0 Å². The number of Topliss-reactive ketones (excluding diaryl/α,β-unsaturated/α-hetero) is 1. The molecule has 2 nitrogen and oxygen atoms in total. The van der Waals surface area contributed by atoms with Gasteiger partial charge in [-0.2, -0.15) is 13.2 Å². The van der Waals surface area contributed by atoms with Crippen LogP contribution in [0.15, 0.2) is 30.0 Å². The predicted octanol–water partition coefficient (Wildman–Crippen LogP) is 3.73. The van der Waals surface area contributed by atoms with E-state index >= 15 is 0 Å². The number of carbonyl (C=O) groups is 1. The standard InChI is InChI=1S/C16H16F3NO/c17-16(18,19)13-3-1-11(2-4-13)9-14-10-15(21)12-5-7-20(14)8-6-12/h1-4,9,12H,5-8,10H2/b14-9-. The normalized spacial score (nSPS) is 22.0. The molecule has 112 valence electrons. The summed E-state index contributed by atoms with van der Waals surface area (Å²) in [5.41, 5.74) is 0.985. The van der Waals surface area contributed by atoms with Gasteiger partial charge in [0.15, 0.2) is 0 Å². The van der Waals surface area contributed by atoms with Crippen LogP contribution in [0.25, 0.3) is 6.08 Å². The van der Waals surface area contributed by atoms with E-state index in [0.717, 1.165) is 43.8 Å². The van der Waals surface area contributed by atoms with Crippen LogP contribution in [0.5, 0.6) is 0 Å². The van der Waals surface area contributed by atoms with E-state index in [1.54, 1.807) is 0 Å². The zero-order chi connectivity index (χ0) is 15.0. The highest BCUT2D eigenvalue weighted by Crippen LogP contribution is 2.32. The van der Waals surface area contributed by atoms with Gasteiger partial charge >= 0.3 is 6.18 Å². The monoisotopic (exact) mass is 295 g/mol. The van der Waals surface area contributed by atoms with Crippen molar-refractivity contribution in [3.05, 3.63) is 41.1 Å². The third-order valence-electron chi connectivity index (χ3n) is 4.28. The number of hydrogen-bond donors (Lipinski definition) is 0. The van der Waals surface area contributed by atoms with Gasteiger partial charge in [0.1, 0.15) is 5.78 Å². The van der Waals surface area contributed by atoms with Crippen molar-refractivity contribution in [3.8, 4) is 0 Å². The van der Waals surface area contributed by atoms with Gasteiger partial charge < -0.3 is 4.90 Å². The second kappa shape index (κ2) is 5.20. The SMILES string of the molecule is O=C1C/C(=C/c2ccc(C(F)(F)F)cc2)N2CCC1CC2. The molecule has 21 heavy (non-hydrogen) atoms. The van der Waals surface area contributed by atoms with Gasteiger partial charge in [-0.15, -0.1) is 0 Å². The molecule has 0 saturated carbocycles. The van der Waals surface area contributed by atoms with Gasteiger partial charge in [-0.1, -0.05) is 12.1 Å². The molecule has 0 unspecified atom stereocenters. The molecule has 5 heteroatoms. The van der Waals surface area contributed by atoms with Crippen LogP contribution in [0.4, 0.5) is 13.2 Å². The number of nitrogens with zero attached hydrogens (tertiary/aromatic N) is 1. The van der Waals surface area contributed by atoms with Gasteiger partial charge in [-0.25, -0.2) is 0 Å². The fourth-order valence-electron chi connectivity index (χ4n) is 3.03. The molecule has 0 N–H and O–H groups in total. The number of hydrogen-bond acceptors (Lipinski definition) is 2. The molecule has 3 heterocycles. The van der Waals surface area contributed by atoms with Crippen LogP contribution in [0.1, 0.15) is 30.4 Å². The molecule has 0 spiro atoms. The fraction of sp³-hybridized carbons (Fsp3) is 0.438. The average Bonchev–Trinajstić information content (AvgIpc) is 2.68. The van der Waals surface area contributed by atoms with E-state index in [1.807, 2.05) is 6.08 Å². The molecule has 0 atom stereocenters. The third kappa shape index (κ3) is 2.96. The van der Waals surface area contributed by atoms with Gasteiger partial charge in [0.25, 0.3) is 0 Å². The number of benzene rings is 1. The van der Waals surface area contributed by atoms with E-state index in [0.29, 0.717) is 12.0 Å². The summed E-state index contributed by atoms with van der Waals surface area (Å²) >= 11 is 0. The summed E-state index contributed by atoms with van der Waals surface area (Å²) in [6.45, 7) is 1.73. The van der Waals surface area contributed by atoms with E-state index in [4.69, 9.17) is 0 Å². The number of allylic oxidation sites excluding steroid dienone is 1. The first-order chi connectivity index (χ1) is 9.93. The van der Waals surface area contributed by atoms with Crippen molar-refractivity contribution in [2.24, 2.45) is 5.92 Å². The number of ketones is 1. The molecule has 3 fully saturated rings. The lowest BCUT2D eigenvalue weighted by molar-refractivity contribution is -0.137. The van der Waals surface area contributed by atoms with E-state index in [1.165, 1.54) is 12.1 Å². The van der Waals surface area contributed by atoms with Crippen LogP contribution in [-0.2, 0) is 11.0 Å². The Morgan fingerprint density at radius 1 is 1.10 bits per heavy atom. The van der Waals surface area contributed by atoms with Gasteiger partial charge in [-0.05, 0) is 36.6 Å². The van der Waals surface area contributed by atoms with Crippen molar-refractivity contribution in [2.45, 2.75) is 25.4 Å². The van der Waals surface area contributed by atoms with Crippen molar-refractivity contribution in [2.75, 3.05) is 13.1 Å². The van der Waals surface area contributed by atoms with E-state index in [-0.39, 0.29) is 11.7 Å². The van der Waals surface area contributed by atoms with Gasteiger partial charge in [-0.3, -0.25) is 4.79 Å². The molecule has 0 radical (unpaired) electrons. The minimum atomic E-state index is -4.31. The molecule has 0 amide bonds. The maximum Gasteiger partial charge on any atom is 0.416 e. The summed E-state index contributed by atoms with van der Waals surface area (Å²) in [6, 6.07) is 5.08. The molecule has 0 aliphatic carbocycles. The number of halogens is 3. The largest absolute Gasteiger partial charge is 0.416 e. The fourth-order valence-corrected chi connectivity index (χ4v) is 3.03. The van der Waals surface area contributed by atoms with Crippen molar-refractivity contribution < 1.29 is 18.0 Å². The van der Waals surface area contributed by atoms with E-state index in [2.05, 4.69) is 4.90 Å². The Balaban J connectivity index is 1.85. The zero-order valence-electron chi connectivity index (χ0n) is 11.5. The first kappa shape index (κ1) is 14.2. The highest BCUT2D eigenvalue weighted by Gasteiger charge is 2.32. The third-order valence-corrected chi connectivity index (χ3v) is 4.28. The van der Waals surface area contributed by atoms with E-state index < -0.39 is 11.7 Å². The molecular weight excluding hydrogens is 279 g/mol. The Morgan fingerprint density at radius 2 is 1.71 bits per heavy atom. The Kier molecular flexibility index (Phi) is 3.51. The molecule has 3 saturated heterocycles. The zero-order valence-corrected chi connectivity index (χ0v) is 11.5. The van der Waals surface area contributed by atoms with Crippen molar-refractivity contribution in [3.63, 3.8) is 0 Å². The molecule has 1 aromatic rings. The minimum absolute atomic E-state index is 0.166. The number of carbonyl (C=O) groups excluding carboxylic acids is 1. The first-order valence-corrected chi connectivity index (χ1v) is 7.09. The Bertz CT molecular complexity index is 566. The summed E-state index contributed by atoms with van der Waals surface area (Å²) in [7, 11) is 0. The smallest absolute Gasteiger partial charge is 0.374 e. The maximum absolute atomic E-state index is 12.5. The summed E-state index contributed by atoms with van der Waals surface area (Å²) < 4.78 is 37.6. The predicted molar refractivity (Wildman–Crippen MR) is 73.3 cm³/mol. The lowest BCUT2D eigenvalue weighted by Crippen LogP contribution is -2.30. The van der Waals surface area contributed by atoms with Crippen molar-refractivity contribution in [1.82, 2.24) is 4.90 Å². The van der Waals surface area contributed by atoms with Crippen LogP contribution < -0.4 is 0 Å². The molecule has 4 rings (SSSR count). The molecule has 2 bridgehead atoms. The molecule has 3 aliphatic heterocycles. The topological polar surface area (TPSA) is 20.3 Å². The average molecular weight is 295 g/mol. The molecular formula is C16H16F3NO. The lowest BCUT2D eigenvalue weighted by Gasteiger charge is -2.29. The Labute approximate surface area is 121 Å². The number of alkyl halides is 3. The summed E-state index contributed by atoms with van der Waals surface area (Å²) in [5, 5.41) is 0. The van der Waals surface area contributed by atoms with Crippen molar-refractivity contribution >= 4 is 11.9 Å². The van der Waals surface area contributed by atoms with Crippen LogP contribution in [0, 0.1) is 5.92 Å². The highest BCUT2D eigenvalue weighted by molar-refractivity contribution is 5.85. The first-order valence-electron chi connectivity index (χ1n) is 7.09. The summed E-state index contributed by atoms with van der Waals surface area (Å²) in [5.74, 6) is 0.424. The minimum Gasteiger partial charge on any atom is -0.374 e. The quantitative estimate of drug-likeness (QED) is 0.787. The Morgan fingerprint density at radius 3 is 2.29 bits per heavy atom. The Hall–Kier alpha value is -1.78. The van der Waals surface area contributed by atoms with Crippen LogP contribution in [0.2, 0.25) is 0 Å². The number of piperidine rings is 1. The maximum atomic E-state index is 12.5. The summed E-state index contributed by atoms with van der Waals surface area (Å²) in [4.78, 5) is 14.2.